The fraction of sp³-hybridized carbons (Fsp3) is 0.933. The number of rotatable bonds is 7. The Hall–Kier alpha value is -0.610. The van der Waals surface area contributed by atoms with Gasteiger partial charge in [-0.2, -0.15) is 0 Å². The van der Waals surface area contributed by atoms with Crippen LogP contribution in [0.25, 0.3) is 0 Å². The average Bonchev–Trinajstić information content (AvgIpc) is 3.16. The number of amides is 1. The van der Waals surface area contributed by atoms with Gasteiger partial charge in [-0.15, -0.1) is 0 Å². The van der Waals surface area contributed by atoms with Crippen LogP contribution in [0.1, 0.15) is 52.9 Å². The molecule has 110 valence electrons. The summed E-state index contributed by atoms with van der Waals surface area (Å²) in [5.74, 6) is 0.851. The Morgan fingerprint density at radius 2 is 1.95 bits per heavy atom. The summed E-state index contributed by atoms with van der Waals surface area (Å²) in [6.45, 7) is 7.01. The third-order valence-electron chi connectivity index (χ3n) is 4.41. The third kappa shape index (κ3) is 3.93. The molecule has 4 heteroatoms. The zero-order chi connectivity index (χ0) is 13.8. The molecule has 0 aromatic heterocycles. The van der Waals surface area contributed by atoms with Gasteiger partial charge in [-0.05, 0) is 44.9 Å². The predicted octanol–water partition coefficient (Wildman–Crippen LogP) is 1.84. The minimum Gasteiger partial charge on any atom is -0.376 e. The van der Waals surface area contributed by atoms with Crippen LogP contribution in [0.4, 0.5) is 0 Å². The maximum atomic E-state index is 12.1. The van der Waals surface area contributed by atoms with E-state index in [0.717, 1.165) is 31.8 Å². The van der Waals surface area contributed by atoms with Crippen molar-refractivity contribution in [2.45, 2.75) is 77.1 Å². The predicted molar refractivity (Wildman–Crippen MR) is 76.0 cm³/mol. The van der Waals surface area contributed by atoms with Gasteiger partial charge in [0.15, 0.2) is 0 Å². The molecule has 1 saturated carbocycles. The largest absolute Gasteiger partial charge is 0.376 e. The molecule has 2 aliphatic rings. The molecule has 1 amide bonds. The van der Waals surface area contributed by atoms with E-state index in [0.29, 0.717) is 18.2 Å². The molecule has 19 heavy (non-hydrogen) atoms. The molecule has 1 saturated heterocycles. The number of carbonyl (C=O) groups is 1. The molecule has 3 atom stereocenters. The summed E-state index contributed by atoms with van der Waals surface area (Å²) in [6.07, 6.45) is 5.93. The molecule has 2 rings (SSSR count). The standard InChI is InChI=1S/C15H28N2O2/c1-4-12(5-2)17-15(18)10(3)16-13-8-9-19-14(13)11-6-7-11/h10-14,16H,4-9H2,1-3H3,(H,17,18). The van der Waals surface area contributed by atoms with Gasteiger partial charge in [0.2, 0.25) is 5.91 Å². The maximum Gasteiger partial charge on any atom is 0.237 e. The molecule has 0 aromatic carbocycles. The summed E-state index contributed by atoms with van der Waals surface area (Å²) in [7, 11) is 0. The molecule has 1 heterocycles. The Balaban J connectivity index is 1.79. The van der Waals surface area contributed by atoms with Crippen LogP contribution in [0.5, 0.6) is 0 Å². The normalized spacial score (nSPS) is 28.6. The first-order valence-corrected chi connectivity index (χ1v) is 7.83. The highest BCUT2D eigenvalue weighted by molar-refractivity contribution is 5.81. The van der Waals surface area contributed by atoms with Gasteiger partial charge in [0, 0.05) is 18.7 Å². The van der Waals surface area contributed by atoms with E-state index < -0.39 is 0 Å². The van der Waals surface area contributed by atoms with E-state index >= 15 is 0 Å². The second-order valence-electron chi connectivity index (χ2n) is 5.98. The van der Waals surface area contributed by atoms with Gasteiger partial charge >= 0.3 is 0 Å². The maximum absolute atomic E-state index is 12.1. The molecule has 1 aliphatic heterocycles. The van der Waals surface area contributed by atoms with E-state index in [1.54, 1.807) is 0 Å². The second-order valence-corrected chi connectivity index (χ2v) is 5.98. The van der Waals surface area contributed by atoms with E-state index in [-0.39, 0.29) is 11.9 Å². The van der Waals surface area contributed by atoms with Gasteiger partial charge in [0.25, 0.3) is 0 Å². The van der Waals surface area contributed by atoms with Crippen LogP contribution in [0, 0.1) is 5.92 Å². The SMILES string of the molecule is CCC(CC)NC(=O)C(C)NC1CCOC1C1CC1. The van der Waals surface area contributed by atoms with Gasteiger partial charge < -0.3 is 15.4 Å². The lowest BCUT2D eigenvalue weighted by Gasteiger charge is -2.25. The third-order valence-corrected chi connectivity index (χ3v) is 4.41. The lowest BCUT2D eigenvalue weighted by molar-refractivity contribution is -0.123. The van der Waals surface area contributed by atoms with Crippen molar-refractivity contribution in [2.24, 2.45) is 5.92 Å². The zero-order valence-electron chi connectivity index (χ0n) is 12.4. The van der Waals surface area contributed by atoms with E-state index in [2.05, 4.69) is 24.5 Å². The van der Waals surface area contributed by atoms with E-state index in [4.69, 9.17) is 4.74 Å². The van der Waals surface area contributed by atoms with E-state index in [1.807, 2.05) is 6.92 Å². The summed E-state index contributed by atoms with van der Waals surface area (Å²) in [6, 6.07) is 0.527. The summed E-state index contributed by atoms with van der Waals surface area (Å²) in [5, 5.41) is 6.57. The molecule has 2 N–H and O–H groups in total. The molecule has 1 aliphatic carbocycles. The molecule has 4 nitrogen and oxygen atoms in total. The molecular formula is C15H28N2O2. The highest BCUT2D eigenvalue weighted by Crippen LogP contribution is 2.38. The zero-order valence-corrected chi connectivity index (χ0v) is 12.4. The second kappa shape index (κ2) is 6.71. The van der Waals surface area contributed by atoms with Crippen LogP contribution in [-0.2, 0) is 9.53 Å². The van der Waals surface area contributed by atoms with Crippen molar-refractivity contribution >= 4 is 5.91 Å². The summed E-state index contributed by atoms with van der Waals surface area (Å²) in [4.78, 5) is 12.1. The fourth-order valence-corrected chi connectivity index (χ4v) is 2.89. The monoisotopic (exact) mass is 268 g/mol. The van der Waals surface area contributed by atoms with Crippen molar-refractivity contribution in [1.29, 1.82) is 0 Å². The van der Waals surface area contributed by atoms with Crippen molar-refractivity contribution in [3.8, 4) is 0 Å². The smallest absolute Gasteiger partial charge is 0.237 e. The number of hydrogen-bond acceptors (Lipinski definition) is 3. The molecule has 0 bridgehead atoms. The summed E-state index contributed by atoms with van der Waals surface area (Å²) < 4.78 is 5.80. The Kier molecular flexibility index (Phi) is 5.22. The van der Waals surface area contributed by atoms with Gasteiger partial charge in [0.1, 0.15) is 0 Å². The van der Waals surface area contributed by atoms with Crippen LogP contribution in [0.15, 0.2) is 0 Å². The number of hydrogen-bond donors (Lipinski definition) is 2. The van der Waals surface area contributed by atoms with E-state index in [9.17, 15) is 4.79 Å². The summed E-state index contributed by atoms with van der Waals surface area (Å²) >= 11 is 0. The Morgan fingerprint density at radius 1 is 1.26 bits per heavy atom. The molecule has 3 unspecified atom stereocenters. The Bertz CT molecular complexity index is 301. The van der Waals surface area contributed by atoms with Crippen molar-refractivity contribution in [3.63, 3.8) is 0 Å². The molecule has 0 radical (unpaired) electrons. The van der Waals surface area contributed by atoms with Crippen LogP contribution >= 0.6 is 0 Å². The fourth-order valence-electron chi connectivity index (χ4n) is 2.89. The average molecular weight is 268 g/mol. The van der Waals surface area contributed by atoms with Gasteiger partial charge in [-0.25, -0.2) is 0 Å². The Labute approximate surface area is 116 Å². The van der Waals surface area contributed by atoms with Gasteiger partial charge in [-0.1, -0.05) is 13.8 Å². The number of carbonyl (C=O) groups excluding carboxylic acids is 1. The van der Waals surface area contributed by atoms with Crippen LogP contribution in [0.2, 0.25) is 0 Å². The molecule has 2 fully saturated rings. The lowest BCUT2D eigenvalue weighted by atomic mass is 10.0. The van der Waals surface area contributed by atoms with Crippen LogP contribution in [0.3, 0.4) is 0 Å². The highest BCUT2D eigenvalue weighted by atomic mass is 16.5. The first-order valence-electron chi connectivity index (χ1n) is 7.83. The van der Waals surface area contributed by atoms with Crippen molar-refractivity contribution in [1.82, 2.24) is 10.6 Å². The minimum atomic E-state index is -0.131. The van der Waals surface area contributed by atoms with Crippen LogP contribution < -0.4 is 10.6 Å². The topological polar surface area (TPSA) is 50.4 Å². The first-order chi connectivity index (χ1) is 9.15. The lowest BCUT2D eigenvalue weighted by Crippen LogP contribution is -2.51. The number of ether oxygens (including phenoxy) is 1. The van der Waals surface area contributed by atoms with Crippen LogP contribution in [-0.4, -0.2) is 36.7 Å². The number of nitrogens with one attached hydrogen (secondary N) is 2. The van der Waals surface area contributed by atoms with Crippen molar-refractivity contribution < 1.29 is 9.53 Å². The quantitative estimate of drug-likeness (QED) is 0.741. The first kappa shape index (κ1) is 14.8. The van der Waals surface area contributed by atoms with Gasteiger partial charge in [0.05, 0.1) is 12.1 Å². The molecular weight excluding hydrogens is 240 g/mol. The summed E-state index contributed by atoms with van der Waals surface area (Å²) in [5.41, 5.74) is 0. The van der Waals surface area contributed by atoms with Crippen molar-refractivity contribution in [2.75, 3.05) is 6.61 Å². The molecule has 0 spiro atoms. The van der Waals surface area contributed by atoms with E-state index in [1.165, 1.54) is 12.8 Å². The van der Waals surface area contributed by atoms with Gasteiger partial charge in [-0.3, -0.25) is 4.79 Å². The Morgan fingerprint density at radius 3 is 2.53 bits per heavy atom. The molecule has 0 aromatic rings. The highest BCUT2D eigenvalue weighted by Gasteiger charge is 2.41. The minimum absolute atomic E-state index is 0.121. The van der Waals surface area contributed by atoms with Crippen molar-refractivity contribution in [3.05, 3.63) is 0 Å².